The average molecular weight is 500 g/mol. The zero-order valence-corrected chi connectivity index (χ0v) is 20.1. The van der Waals surface area contributed by atoms with E-state index in [0.717, 1.165) is 11.1 Å². The highest BCUT2D eigenvalue weighted by molar-refractivity contribution is 6.31. The predicted octanol–water partition coefficient (Wildman–Crippen LogP) is 3.77. The molecule has 0 bridgehead atoms. The minimum absolute atomic E-state index is 0.0536. The Labute approximate surface area is 210 Å². The van der Waals surface area contributed by atoms with Gasteiger partial charge in [-0.1, -0.05) is 48.0 Å². The zero-order valence-electron chi connectivity index (χ0n) is 19.4. The highest BCUT2D eigenvalue weighted by Crippen LogP contribution is 2.17. The zero-order chi connectivity index (χ0) is 25.2. The van der Waals surface area contributed by atoms with Crippen LogP contribution in [0, 0.1) is 5.41 Å². The summed E-state index contributed by atoms with van der Waals surface area (Å²) in [6.45, 7) is 0.420. The maximum Gasteiger partial charge on any atom is 0.267 e. The summed E-state index contributed by atoms with van der Waals surface area (Å²) in [6, 6.07) is 21.3. The van der Waals surface area contributed by atoms with Crippen LogP contribution in [0.25, 0.3) is 16.7 Å². The lowest BCUT2D eigenvalue weighted by atomic mass is 10.1. The Morgan fingerprint density at radius 1 is 1.08 bits per heavy atom. The Morgan fingerprint density at radius 2 is 1.83 bits per heavy atom. The fourth-order valence-electron chi connectivity index (χ4n) is 4.04. The van der Waals surface area contributed by atoms with Gasteiger partial charge in [-0.3, -0.25) is 19.4 Å². The van der Waals surface area contributed by atoms with Crippen LogP contribution in [-0.2, 0) is 13.1 Å². The summed E-state index contributed by atoms with van der Waals surface area (Å²) in [5.74, 6) is 0.220. The summed E-state index contributed by atoms with van der Waals surface area (Å²) in [5, 5.41) is 12.5. The molecule has 5 rings (SSSR count). The molecule has 2 aromatic carbocycles. The lowest BCUT2D eigenvalue weighted by molar-refractivity contribution is 0.0948. The molecule has 2 N–H and O–H groups in total. The number of carbonyl (C=O) groups is 1. The van der Waals surface area contributed by atoms with Gasteiger partial charge in [-0.2, -0.15) is 0 Å². The van der Waals surface area contributed by atoms with Crippen molar-refractivity contribution in [2.45, 2.75) is 13.1 Å². The molecule has 0 aliphatic rings. The van der Waals surface area contributed by atoms with Crippen molar-refractivity contribution < 1.29 is 9.53 Å². The molecule has 8 nitrogen and oxygen atoms in total. The Kier molecular flexibility index (Phi) is 6.26. The highest BCUT2D eigenvalue weighted by Gasteiger charge is 2.18. The summed E-state index contributed by atoms with van der Waals surface area (Å²) < 4.78 is 8.24. The van der Waals surface area contributed by atoms with E-state index in [1.165, 1.54) is 10.5 Å². The predicted molar refractivity (Wildman–Crippen MR) is 138 cm³/mol. The first-order chi connectivity index (χ1) is 17.5. The smallest absolute Gasteiger partial charge is 0.267 e. The number of hydrogen-bond acceptors (Lipinski definition) is 5. The number of rotatable bonds is 6. The van der Waals surface area contributed by atoms with Crippen molar-refractivity contribution in [3.63, 3.8) is 0 Å². The third-order valence-corrected chi connectivity index (χ3v) is 6.33. The van der Waals surface area contributed by atoms with Gasteiger partial charge < -0.3 is 14.6 Å². The van der Waals surface area contributed by atoms with Crippen LogP contribution in [0.5, 0.6) is 5.75 Å². The SMILES string of the molecule is COc1ccc(Cn2c(=N)c(C(=O)NCc3ccccc3Cl)cc3c(=O)n4ccccc4nc32)cc1. The van der Waals surface area contributed by atoms with Gasteiger partial charge in [-0.15, -0.1) is 0 Å². The Morgan fingerprint density at radius 3 is 2.58 bits per heavy atom. The van der Waals surface area contributed by atoms with E-state index in [1.54, 1.807) is 42.1 Å². The monoisotopic (exact) mass is 499 g/mol. The molecule has 3 heterocycles. The normalized spacial score (nSPS) is 11.1. The number of aromatic nitrogens is 3. The van der Waals surface area contributed by atoms with Crippen LogP contribution in [0.2, 0.25) is 5.02 Å². The number of halogens is 1. The second-order valence-corrected chi connectivity index (χ2v) is 8.61. The molecule has 0 unspecified atom stereocenters. The van der Waals surface area contributed by atoms with Crippen molar-refractivity contribution in [3.8, 4) is 5.75 Å². The van der Waals surface area contributed by atoms with E-state index in [-0.39, 0.29) is 35.1 Å². The standard InChI is InChI=1S/C27H22ClN5O3/c1-36-19-11-9-17(10-12-19)16-33-24(29)20(26(34)30-15-18-6-2-3-7-22(18)28)14-21-25(33)31-23-8-4-5-13-32(23)27(21)35/h2-14,29H,15-16H2,1H3,(H,30,34). The van der Waals surface area contributed by atoms with E-state index >= 15 is 0 Å². The van der Waals surface area contributed by atoms with E-state index < -0.39 is 5.91 Å². The molecule has 0 atom stereocenters. The maximum absolute atomic E-state index is 13.4. The average Bonchev–Trinajstić information content (AvgIpc) is 2.90. The number of carbonyl (C=O) groups excluding carboxylic acids is 1. The largest absolute Gasteiger partial charge is 0.497 e. The third-order valence-electron chi connectivity index (χ3n) is 5.96. The fourth-order valence-corrected chi connectivity index (χ4v) is 4.24. The van der Waals surface area contributed by atoms with Crippen LogP contribution in [0.1, 0.15) is 21.5 Å². The van der Waals surface area contributed by atoms with Crippen LogP contribution < -0.4 is 21.1 Å². The van der Waals surface area contributed by atoms with Gasteiger partial charge in [0.2, 0.25) is 0 Å². The molecule has 36 heavy (non-hydrogen) atoms. The topological polar surface area (TPSA) is 101 Å². The first-order valence-electron chi connectivity index (χ1n) is 11.2. The second kappa shape index (κ2) is 9.67. The fraction of sp³-hybridized carbons (Fsp3) is 0.111. The molecule has 180 valence electrons. The molecule has 3 aromatic heterocycles. The van der Waals surface area contributed by atoms with E-state index in [2.05, 4.69) is 10.3 Å². The summed E-state index contributed by atoms with van der Waals surface area (Å²) in [6.07, 6.45) is 1.63. The molecule has 1 amide bonds. The van der Waals surface area contributed by atoms with Crippen LogP contribution >= 0.6 is 11.6 Å². The van der Waals surface area contributed by atoms with E-state index in [1.807, 2.05) is 42.5 Å². The number of hydrogen-bond donors (Lipinski definition) is 2. The molecular weight excluding hydrogens is 478 g/mol. The van der Waals surface area contributed by atoms with E-state index in [0.29, 0.717) is 22.1 Å². The summed E-state index contributed by atoms with van der Waals surface area (Å²) in [5.41, 5.74) is 2.08. The molecule has 9 heteroatoms. The molecule has 0 spiro atoms. The molecular formula is C27H22ClN5O3. The Hall–Kier alpha value is -4.43. The van der Waals surface area contributed by atoms with Gasteiger partial charge in [0.05, 0.1) is 24.6 Å². The molecule has 0 aliphatic carbocycles. The van der Waals surface area contributed by atoms with Crippen LogP contribution in [0.15, 0.2) is 83.8 Å². The molecule has 0 aliphatic heterocycles. The Balaban J connectivity index is 1.64. The van der Waals surface area contributed by atoms with Crippen LogP contribution in [-0.4, -0.2) is 27.0 Å². The third kappa shape index (κ3) is 4.34. The van der Waals surface area contributed by atoms with Crippen LogP contribution in [0.4, 0.5) is 0 Å². The van der Waals surface area contributed by atoms with Gasteiger partial charge in [-0.25, -0.2) is 4.98 Å². The highest BCUT2D eigenvalue weighted by atomic mass is 35.5. The number of fused-ring (bicyclic) bond motifs is 2. The van der Waals surface area contributed by atoms with Gasteiger partial charge in [-0.05, 0) is 47.5 Å². The van der Waals surface area contributed by atoms with Crippen molar-refractivity contribution in [1.82, 2.24) is 19.3 Å². The molecule has 0 saturated heterocycles. The van der Waals surface area contributed by atoms with E-state index in [4.69, 9.17) is 21.7 Å². The quantitative estimate of drug-likeness (QED) is 0.347. The summed E-state index contributed by atoms with van der Waals surface area (Å²) >= 11 is 6.22. The van der Waals surface area contributed by atoms with Gasteiger partial charge >= 0.3 is 0 Å². The van der Waals surface area contributed by atoms with Crippen molar-refractivity contribution in [2.75, 3.05) is 7.11 Å². The Bertz CT molecular complexity index is 1720. The van der Waals surface area contributed by atoms with Crippen molar-refractivity contribution in [2.24, 2.45) is 0 Å². The molecule has 0 saturated carbocycles. The minimum Gasteiger partial charge on any atom is -0.497 e. The first kappa shape index (κ1) is 23.3. The number of nitrogens with zero attached hydrogens (tertiary/aromatic N) is 3. The van der Waals surface area contributed by atoms with E-state index in [9.17, 15) is 9.59 Å². The minimum atomic E-state index is -0.483. The molecule has 5 aromatic rings. The first-order valence-corrected chi connectivity index (χ1v) is 11.6. The molecule has 0 radical (unpaired) electrons. The number of benzene rings is 2. The lowest BCUT2D eigenvalue weighted by Gasteiger charge is -2.15. The summed E-state index contributed by atoms with van der Waals surface area (Å²) in [4.78, 5) is 31.3. The van der Waals surface area contributed by atoms with Gasteiger partial charge in [0.25, 0.3) is 11.5 Å². The van der Waals surface area contributed by atoms with Gasteiger partial charge in [0.15, 0.2) is 0 Å². The number of pyridine rings is 2. The number of methoxy groups -OCH3 is 1. The maximum atomic E-state index is 13.4. The lowest BCUT2D eigenvalue weighted by Crippen LogP contribution is -2.35. The number of ether oxygens (including phenoxy) is 1. The van der Waals surface area contributed by atoms with Gasteiger partial charge in [0.1, 0.15) is 22.5 Å². The molecule has 0 fully saturated rings. The number of amides is 1. The second-order valence-electron chi connectivity index (χ2n) is 8.20. The van der Waals surface area contributed by atoms with Gasteiger partial charge in [0, 0.05) is 17.8 Å². The van der Waals surface area contributed by atoms with Crippen molar-refractivity contribution in [3.05, 3.63) is 117 Å². The van der Waals surface area contributed by atoms with Crippen molar-refractivity contribution in [1.29, 1.82) is 5.41 Å². The summed E-state index contributed by atoms with van der Waals surface area (Å²) in [7, 11) is 1.59. The number of nitrogens with one attached hydrogen (secondary N) is 2. The van der Waals surface area contributed by atoms with Crippen LogP contribution in [0.3, 0.4) is 0 Å². The van der Waals surface area contributed by atoms with Crippen molar-refractivity contribution >= 4 is 34.2 Å².